The van der Waals surface area contributed by atoms with E-state index < -0.39 is 0 Å². The van der Waals surface area contributed by atoms with Crippen LogP contribution < -0.4 is 15.1 Å². The minimum atomic E-state index is 0.0606. The molecule has 0 aromatic heterocycles. The molecular weight excluding hydrogens is 306 g/mol. The van der Waals surface area contributed by atoms with Gasteiger partial charge in [0.05, 0.1) is 13.2 Å². The van der Waals surface area contributed by atoms with E-state index in [2.05, 4.69) is 36.2 Å². The molecule has 2 aliphatic heterocycles. The second-order valence-corrected chi connectivity index (χ2v) is 6.79. The Hall–Kier alpha value is -1.63. The second-order valence-electron chi connectivity index (χ2n) is 6.79. The van der Waals surface area contributed by atoms with Gasteiger partial charge in [0.2, 0.25) is 0 Å². The lowest BCUT2D eigenvalue weighted by molar-refractivity contribution is -0.907. The molecule has 6 heteroatoms. The van der Waals surface area contributed by atoms with Gasteiger partial charge in [-0.05, 0) is 38.1 Å². The average molecular weight is 334 g/mol. The van der Waals surface area contributed by atoms with Crippen molar-refractivity contribution < 1.29 is 19.2 Å². The number of anilines is 2. The van der Waals surface area contributed by atoms with Crippen LogP contribution in [0.25, 0.3) is 0 Å². The zero-order chi connectivity index (χ0) is 16.9. The van der Waals surface area contributed by atoms with Gasteiger partial charge in [-0.25, -0.2) is 0 Å². The number of carbonyl (C=O) groups is 1. The third-order valence-electron chi connectivity index (χ3n) is 4.55. The highest BCUT2D eigenvalue weighted by Gasteiger charge is 2.27. The smallest absolute Gasteiger partial charge is 0.279 e. The van der Waals surface area contributed by atoms with Crippen molar-refractivity contribution in [2.75, 3.05) is 56.2 Å². The summed E-state index contributed by atoms with van der Waals surface area (Å²) in [6.07, 6.45) is 0.425. The summed E-state index contributed by atoms with van der Waals surface area (Å²) in [4.78, 5) is 15.9. The number of benzene rings is 1. The molecule has 0 radical (unpaired) electrons. The summed E-state index contributed by atoms with van der Waals surface area (Å²) in [5.74, 6) is 0.0606. The molecule has 2 N–H and O–H groups in total. The maximum atomic E-state index is 12.3. The van der Waals surface area contributed by atoms with Crippen LogP contribution in [0.1, 0.15) is 13.8 Å². The summed E-state index contributed by atoms with van der Waals surface area (Å²) in [6.45, 7) is 9.78. The number of quaternary nitrogens is 1. The molecule has 1 aromatic carbocycles. The summed E-state index contributed by atoms with van der Waals surface area (Å²) in [5.41, 5.74) is 2.03. The number of amides is 1. The van der Waals surface area contributed by atoms with Crippen LogP contribution in [0.4, 0.5) is 11.4 Å². The molecule has 2 aliphatic rings. The maximum Gasteiger partial charge on any atom is 0.279 e. The first kappa shape index (κ1) is 17.2. The van der Waals surface area contributed by atoms with Crippen molar-refractivity contribution >= 4 is 17.3 Å². The lowest BCUT2D eigenvalue weighted by Gasteiger charge is -2.32. The second kappa shape index (κ2) is 7.96. The third kappa shape index (κ3) is 4.69. The van der Waals surface area contributed by atoms with Crippen LogP contribution in [-0.4, -0.2) is 64.1 Å². The fourth-order valence-electron chi connectivity index (χ4n) is 3.54. The van der Waals surface area contributed by atoms with Crippen LogP contribution in [-0.2, 0) is 14.3 Å². The normalized spacial score (nSPS) is 27.8. The molecule has 2 fully saturated rings. The highest BCUT2D eigenvalue weighted by molar-refractivity contribution is 5.91. The Morgan fingerprint density at radius 2 is 1.79 bits per heavy atom. The molecule has 2 saturated heterocycles. The van der Waals surface area contributed by atoms with E-state index in [4.69, 9.17) is 9.47 Å². The van der Waals surface area contributed by atoms with Gasteiger partial charge < -0.3 is 24.6 Å². The lowest BCUT2D eigenvalue weighted by atomic mass is 10.2. The third-order valence-corrected chi connectivity index (χ3v) is 4.55. The van der Waals surface area contributed by atoms with Gasteiger partial charge in [0.1, 0.15) is 25.3 Å². The van der Waals surface area contributed by atoms with Crippen molar-refractivity contribution in [1.29, 1.82) is 0 Å². The molecule has 0 bridgehead atoms. The summed E-state index contributed by atoms with van der Waals surface area (Å²) in [7, 11) is 0. The molecule has 2 heterocycles. The Morgan fingerprint density at radius 3 is 2.42 bits per heavy atom. The minimum Gasteiger partial charge on any atom is -0.378 e. The molecule has 0 saturated carbocycles. The SMILES string of the molecule is C[C@@H]1C[NH+](CC(=O)Nc2ccc(N3CCOCC3)cc2)C[C@@H](C)O1. The van der Waals surface area contributed by atoms with Crippen molar-refractivity contribution in [3.8, 4) is 0 Å². The highest BCUT2D eigenvalue weighted by atomic mass is 16.5. The number of carbonyl (C=O) groups excluding carboxylic acids is 1. The number of morpholine rings is 2. The van der Waals surface area contributed by atoms with Gasteiger partial charge in [0, 0.05) is 24.5 Å². The maximum absolute atomic E-state index is 12.3. The van der Waals surface area contributed by atoms with Gasteiger partial charge in [-0.15, -0.1) is 0 Å². The predicted molar refractivity (Wildman–Crippen MR) is 93.7 cm³/mol. The molecule has 132 valence electrons. The van der Waals surface area contributed by atoms with E-state index in [1.165, 1.54) is 10.6 Å². The van der Waals surface area contributed by atoms with Crippen LogP contribution >= 0.6 is 0 Å². The number of hydrogen-bond acceptors (Lipinski definition) is 4. The van der Waals surface area contributed by atoms with Gasteiger partial charge >= 0.3 is 0 Å². The summed E-state index contributed by atoms with van der Waals surface area (Å²) >= 11 is 0. The van der Waals surface area contributed by atoms with Gasteiger partial charge in [0.15, 0.2) is 6.54 Å². The molecule has 2 atom stereocenters. The first-order valence-electron chi connectivity index (χ1n) is 8.82. The lowest BCUT2D eigenvalue weighted by Crippen LogP contribution is -3.16. The Labute approximate surface area is 143 Å². The van der Waals surface area contributed by atoms with Crippen LogP contribution in [0.15, 0.2) is 24.3 Å². The molecule has 1 amide bonds. The Balaban J connectivity index is 1.50. The van der Waals surface area contributed by atoms with E-state index in [1.54, 1.807) is 0 Å². The summed E-state index contributed by atoms with van der Waals surface area (Å²) < 4.78 is 11.1. The number of hydrogen-bond donors (Lipinski definition) is 2. The topological polar surface area (TPSA) is 55.2 Å². The molecule has 3 rings (SSSR count). The number of ether oxygens (including phenoxy) is 2. The molecule has 0 unspecified atom stereocenters. The van der Waals surface area contributed by atoms with E-state index in [0.29, 0.717) is 6.54 Å². The standard InChI is InChI=1S/C18H27N3O3/c1-14-11-20(12-15(2)24-14)13-18(22)19-16-3-5-17(6-4-16)21-7-9-23-10-8-21/h3-6,14-15H,7-13H2,1-2H3,(H,19,22)/p+1/t14-,15-/m1/s1. The molecule has 0 spiro atoms. The predicted octanol–water partition coefficient (Wildman–Crippen LogP) is 0.154. The van der Waals surface area contributed by atoms with Crippen molar-refractivity contribution in [1.82, 2.24) is 0 Å². The zero-order valence-electron chi connectivity index (χ0n) is 14.6. The fraction of sp³-hybridized carbons (Fsp3) is 0.611. The van der Waals surface area contributed by atoms with Crippen molar-refractivity contribution in [3.05, 3.63) is 24.3 Å². The summed E-state index contributed by atoms with van der Waals surface area (Å²) in [5, 5.41) is 3.01. The fourth-order valence-corrected chi connectivity index (χ4v) is 3.54. The minimum absolute atomic E-state index is 0.0606. The quantitative estimate of drug-likeness (QED) is 0.823. The Bertz CT molecular complexity index is 533. The van der Waals surface area contributed by atoms with Crippen molar-refractivity contribution in [2.24, 2.45) is 0 Å². The number of nitrogens with zero attached hydrogens (tertiary/aromatic N) is 1. The first-order valence-corrected chi connectivity index (χ1v) is 8.82. The van der Waals surface area contributed by atoms with Gasteiger partial charge in [-0.1, -0.05) is 0 Å². The van der Waals surface area contributed by atoms with Crippen molar-refractivity contribution in [2.45, 2.75) is 26.1 Å². The summed E-state index contributed by atoms with van der Waals surface area (Å²) in [6, 6.07) is 8.07. The van der Waals surface area contributed by atoms with Gasteiger partial charge in [-0.3, -0.25) is 4.79 Å². The molecule has 24 heavy (non-hydrogen) atoms. The van der Waals surface area contributed by atoms with E-state index in [0.717, 1.165) is 45.1 Å². The molecule has 0 aliphatic carbocycles. The van der Waals surface area contributed by atoms with E-state index >= 15 is 0 Å². The highest BCUT2D eigenvalue weighted by Crippen LogP contribution is 2.18. The van der Waals surface area contributed by atoms with Crippen LogP contribution in [0.3, 0.4) is 0 Å². The Kier molecular flexibility index (Phi) is 5.71. The zero-order valence-corrected chi connectivity index (χ0v) is 14.6. The number of nitrogens with one attached hydrogen (secondary N) is 2. The number of rotatable bonds is 4. The molecule has 1 aromatic rings. The van der Waals surface area contributed by atoms with E-state index in [9.17, 15) is 4.79 Å². The Morgan fingerprint density at radius 1 is 1.17 bits per heavy atom. The van der Waals surface area contributed by atoms with Gasteiger partial charge in [-0.2, -0.15) is 0 Å². The monoisotopic (exact) mass is 334 g/mol. The largest absolute Gasteiger partial charge is 0.378 e. The molecule has 6 nitrogen and oxygen atoms in total. The average Bonchev–Trinajstić information content (AvgIpc) is 2.55. The van der Waals surface area contributed by atoms with Crippen LogP contribution in [0.2, 0.25) is 0 Å². The van der Waals surface area contributed by atoms with E-state index in [-0.39, 0.29) is 18.1 Å². The van der Waals surface area contributed by atoms with Gasteiger partial charge in [0.25, 0.3) is 5.91 Å². The van der Waals surface area contributed by atoms with Crippen molar-refractivity contribution in [3.63, 3.8) is 0 Å². The van der Waals surface area contributed by atoms with E-state index in [1.807, 2.05) is 12.1 Å². The van der Waals surface area contributed by atoms with Crippen LogP contribution in [0, 0.1) is 0 Å². The molecular formula is C18H28N3O3+. The van der Waals surface area contributed by atoms with Crippen LogP contribution in [0.5, 0.6) is 0 Å². The first-order chi connectivity index (χ1) is 11.6.